The van der Waals surface area contributed by atoms with Crippen molar-refractivity contribution < 1.29 is 15.0 Å². The summed E-state index contributed by atoms with van der Waals surface area (Å²) >= 11 is 5.98. The average Bonchev–Trinajstić information content (AvgIpc) is 2.73. The van der Waals surface area contributed by atoms with Gasteiger partial charge in [0.2, 0.25) is 0 Å². The van der Waals surface area contributed by atoms with Crippen molar-refractivity contribution in [2.24, 2.45) is 5.41 Å². The number of aliphatic hydroxyl groups is 2. The molecule has 0 saturated heterocycles. The Balaban J connectivity index is 2.15. The minimum atomic E-state index is -1.08. The Labute approximate surface area is 165 Å². The number of hydrogen-bond donors (Lipinski definition) is 2. The Morgan fingerprint density at radius 2 is 1.74 bits per heavy atom. The molecule has 1 aliphatic carbocycles. The van der Waals surface area contributed by atoms with Crippen LogP contribution in [-0.4, -0.2) is 22.1 Å². The number of allylic oxidation sites excluding steroid dienone is 1. The Bertz CT molecular complexity index is 894. The molecule has 0 unspecified atom stereocenters. The quantitative estimate of drug-likeness (QED) is 0.725. The number of Topliss-reactive ketones (excluding diaryl/α,β-unsaturated/α-hetero) is 1. The molecule has 0 amide bonds. The van der Waals surface area contributed by atoms with Crippen LogP contribution in [0.3, 0.4) is 0 Å². The second-order valence-corrected chi connectivity index (χ2v) is 8.20. The lowest BCUT2D eigenvalue weighted by Crippen LogP contribution is -2.21. The summed E-state index contributed by atoms with van der Waals surface area (Å²) in [6.45, 7) is 5.83. The molecule has 0 fully saturated rings. The minimum Gasteiger partial charge on any atom is -0.511 e. The molecule has 3 rings (SSSR count). The molecule has 2 aromatic carbocycles. The molecule has 2 N–H and O–H groups in total. The Morgan fingerprint density at radius 1 is 1.11 bits per heavy atom. The highest BCUT2D eigenvalue weighted by Crippen LogP contribution is 2.41. The van der Waals surface area contributed by atoms with Gasteiger partial charge in [-0.3, -0.25) is 4.79 Å². The van der Waals surface area contributed by atoms with Gasteiger partial charge >= 0.3 is 0 Å². The Morgan fingerprint density at radius 3 is 2.37 bits per heavy atom. The van der Waals surface area contributed by atoms with Crippen molar-refractivity contribution in [2.75, 3.05) is 0 Å². The molecule has 27 heavy (non-hydrogen) atoms. The number of carbonyl (C=O) groups is 1. The van der Waals surface area contributed by atoms with E-state index in [9.17, 15) is 15.0 Å². The standard InChI is InChI=1S/C23H25ClO3/c1-4-14-13-16(15-5-8-17(24)9-6-15)7-10-18(14)20-21(26)19(25)11-12-23(2,3)22(20)27/h5-10,13,19,25,27H,4,11-12H2,1-3H3/t19-/m0/s1. The van der Waals surface area contributed by atoms with Crippen molar-refractivity contribution >= 4 is 23.0 Å². The number of ketones is 1. The normalized spacial score (nSPS) is 19.9. The fraction of sp³-hybridized carbons (Fsp3) is 0.348. The van der Waals surface area contributed by atoms with Crippen LogP contribution in [0.25, 0.3) is 16.7 Å². The van der Waals surface area contributed by atoms with Crippen LogP contribution >= 0.6 is 11.6 Å². The third-order valence-corrected chi connectivity index (χ3v) is 5.65. The molecular formula is C23H25ClO3. The number of halogens is 1. The van der Waals surface area contributed by atoms with Gasteiger partial charge in [0.05, 0.1) is 5.57 Å². The zero-order valence-electron chi connectivity index (χ0n) is 15.9. The van der Waals surface area contributed by atoms with E-state index < -0.39 is 17.3 Å². The molecule has 4 heteroatoms. The lowest BCUT2D eigenvalue weighted by Gasteiger charge is -2.24. The zero-order chi connectivity index (χ0) is 19.8. The van der Waals surface area contributed by atoms with Crippen LogP contribution in [-0.2, 0) is 11.2 Å². The highest BCUT2D eigenvalue weighted by molar-refractivity contribution is 6.30. The van der Waals surface area contributed by atoms with Gasteiger partial charge in [-0.25, -0.2) is 0 Å². The molecule has 1 atom stereocenters. The molecule has 0 radical (unpaired) electrons. The topological polar surface area (TPSA) is 57.5 Å². The average molecular weight is 385 g/mol. The molecule has 0 saturated carbocycles. The number of aryl methyl sites for hydroxylation is 1. The first-order valence-corrected chi connectivity index (χ1v) is 9.67. The van der Waals surface area contributed by atoms with E-state index in [1.807, 2.05) is 63.2 Å². The molecule has 0 bridgehead atoms. The second-order valence-electron chi connectivity index (χ2n) is 7.76. The number of hydrogen-bond acceptors (Lipinski definition) is 3. The monoisotopic (exact) mass is 384 g/mol. The fourth-order valence-electron chi connectivity index (χ4n) is 3.58. The molecule has 3 nitrogen and oxygen atoms in total. The number of aliphatic hydroxyl groups excluding tert-OH is 2. The highest BCUT2D eigenvalue weighted by atomic mass is 35.5. The molecular weight excluding hydrogens is 360 g/mol. The summed E-state index contributed by atoms with van der Waals surface area (Å²) in [4.78, 5) is 12.8. The van der Waals surface area contributed by atoms with Crippen LogP contribution in [0.15, 0.2) is 48.2 Å². The van der Waals surface area contributed by atoms with Gasteiger partial charge in [0, 0.05) is 10.4 Å². The largest absolute Gasteiger partial charge is 0.511 e. The van der Waals surface area contributed by atoms with Gasteiger partial charge < -0.3 is 10.2 Å². The van der Waals surface area contributed by atoms with Crippen LogP contribution in [0, 0.1) is 5.41 Å². The smallest absolute Gasteiger partial charge is 0.195 e. The first kappa shape index (κ1) is 19.7. The summed E-state index contributed by atoms with van der Waals surface area (Å²) in [6, 6.07) is 13.5. The highest BCUT2D eigenvalue weighted by Gasteiger charge is 2.37. The van der Waals surface area contributed by atoms with Crippen molar-refractivity contribution in [3.63, 3.8) is 0 Å². The summed E-state index contributed by atoms with van der Waals surface area (Å²) in [5.41, 5.74) is 3.42. The first-order chi connectivity index (χ1) is 12.7. The van der Waals surface area contributed by atoms with Crippen LogP contribution in [0.5, 0.6) is 0 Å². The van der Waals surface area contributed by atoms with Crippen molar-refractivity contribution in [3.05, 3.63) is 64.4 Å². The van der Waals surface area contributed by atoms with Gasteiger partial charge in [0.1, 0.15) is 11.9 Å². The van der Waals surface area contributed by atoms with Crippen molar-refractivity contribution in [2.45, 2.75) is 46.1 Å². The molecule has 0 spiro atoms. The van der Waals surface area contributed by atoms with E-state index in [1.165, 1.54) is 0 Å². The van der Waals surface area contributed by atoms with E-state index >= 15 is 0 Å². The predicted octanol–water partition coefficient (Wildman–Crippen LogP) is 5.59. The third kappa shape index (κ3) is 3.80. The van der Waals surface area contributed by atoms with E-state index in [2.05, 4.69) is 0 Å². The lowest BCUT2D eigenvalue weighted by molar-refractivity contribution is -0.121. The first-order valence-electron chi connectivity index (χ1n) is 9.30. The van der Waals surface area contributed by atoms with E-state index in [0.717, 1.165) is 16.7 Å². The van der Waals surface area contributed by atoms with Gasteiger partial charge in [-0.15, -0.1) is 0 Å². The molecule has 1 aliphatic rings. The van der Waals surface area contributed by atoms with Crippen LogP contribution < -0.4 is 0 Å². The molecule has 0 aliphatic heterocycles. The molecule has 0 aromatic heterocycles. The van der Waals surface area contributed by atoms with Gasteiger partial charge in [-0.05, 0) is 53.6 Å². The number of carbonyl (C=O) groups excluding carboxylic acids is 1. The maximum atomic E-state index is 12.8. The van der Waals surface area contributed by atoms with Gasteiger partial charge in [-0.1, -0.05) is 62.7 Å². The van der Waals surface area contributed by atoms with E-state index in [4.69, 9.17) is 11.6 Å². The Kier molecular flexibility index (Phi) is 5.45. The minimum absolute atomic E-state index is 0.0676. The van der Waals surface area contributed by atoms with Crippen LogP contribution in [0.2, 0.25) is 5.02 Å². The summed E-state index contributed by atoms with van der Waals surface area (Å²) in [6.07, 6.45) is 0.533. The summed E-state index contributed by atoms with van der Waals surface area (Å²) < 4.78 is 0. The maximum absolute atomic E-state index is 12.8. The van der Waals surface area contributed by atoms with Crippen molar-refractivity contribution in [1.82, 2.24) is 0 Å². The number of rotatable bonds is 3. The van der Waals surface area contributed by atoms with E-state index in [-0.39, 0.29) is 11.3 Å². The van der Waals surface area contributed by atoms with Crippen LogP contribution in [0.4, 0.5) is 0 Å². The van der Waals surface area contributed by atoms with Gasteiger partial charge in [0.25, 0.3) is 0 Å². The second kappa shape index (κ2) is 7.49. The fourth-order valence-corrected chi connectivity index (χ4v) is 3.71. The van der Waals surface area contributed by atoms with Gasteiger partial charge in [-0.2, -0.15) is 0 Å². The molecule has 0 heterocycles. The van der Waals surface area contributed by atoms with E-state index in [0.29, 0.717) is 29.8 Å². The zero-order valence-corrected chi connectivity index (χ0v) is 16.7. The maximum Gasteiger partial charge on any atom is 0.195 e. The van der Waals surface area contributed by atoms with Gasteiger partial charge in [0.15, 0.2) is 5.78 Å². The van der Waals surface area contributed by atoms with Crippen LogP contribution in [0.1, 0.15) is 44.7 Å². The SMILES string of the molecule is CCc1cc(-c2ccc(Cl)cc2)ccc1C1=C(O)C(C)(C)CC[C@H](O)C1=O. The predicted molar refractivity (Wildman–Crippen MR) is 110 cm³/mol. The third-order valence-electron chi connectivity index (χ3n) is 5.40. The van der Waals surface area contributed by atoms with Crippen molar-refractivity contribution in [3.8, 4) is 11.1 Å². The molecule has 2 aromatic rings. The van der Waals surface area contributed by atoms with Crippen molar-refractivity contribution in [1.29, 1.82) is 0 Å². The lowest BCUT2D eigenvalue weighted by atomic mass is 9.83. The number of benzene rings is 2. The molecule has 142 valence electrons. The Hall–Kier alpha value is -2.10. The summed E-state index contributed by atoms with van der Waals surface area (Å²) in [5.74, 6) is -0.329. The summed E-state index contributed by atoms with van der Waals surface area (Å²) in [5, 5.41) is 21.8. The van der Waals surface area contributed by atoms with E-state index in [1.54, 1.807) is 0 Å². The summed E-state index contributed by atoms with van der Waals surface area (Å²) in [7, 11) is 0.